The van der Waals surface area contributed by atoms with Gasteiger partial charge in [0, 0.05) is 10.7 Å². The molecule has 1 heterocycles. The topological polar surface area (TPSA) is 67.0 Å². The van der Waals surface area contributed by atoms with E-state index in [0.29, 0.717) is 21.5 Å². The molecule has 0 unspecified atom stereocenters. The lowest BCUT2D eigenvalue weighted by atomic mass is 10.3. The van der Waals surface area contributed by atoms with Crippen molar-refractivity contribution in [2.75, 3.05) is 11.9 Å². The SMILES string of the molecule is O=C(COc1ccc(Cl)cc1Cl)Nc1ccc2nc[nH]c2c1. The van der Waals surface area contributed by atoms with Crippen LogP contribution in [-0.2, 0) is 4.79 Å². The summed E-state index contributed by atoms with van der Waals surface area (Å²) in [5, 5.41) is 3.61. The van der Waals surface area contributed by atoms with E-state index in [2.05, 4.69) is 15.3 Å². The first-order valence-electron chi connectivity index (χ1n) is 6.42. The summed E-state index contributed by atoms with van der Waals surface area (Å²) in [5.41, 5.74) is 2.34. The molecule has 7 heteroatoms. The van der Waals surface area contributed by atoms with Crippen molar-refractivity contribution >= 4 is 45.8 Å². The molecule has 0 spiro atoms. The van der Waals surface area contributed by atoms with Gasteiger partial charge in [0.05, 0.1) is 22.4 Å². The number of hydrogen-bond donors (Lipinski definition) is 2. The van der Waals surface area contributed by atoms with E-state index in [0.717, 1.165) is 11.0 Å². The minimum Gasteiger partial charge on any atom is -0.482 e. The van der Waals surface area contributed by atoms with E-state index in [1.165, 1.54) is 0 Å². The second-order valence-electron chi connectivity index (χ2n) is 4.55. The van der Waals surface area contributed by atoms with Gasteiger partial charge in [0.25, 0.3) is 5.91 Å². The number of anilines is 1. The smallest absolute Gasteiger partial charge is 0.262 e. The number of amides is 1. The fourth-order valence-corrected chi connectivity index (χ4v) is 2.41. The predicted octanol–water partition coefficient (Wildman–Crippen LogP) is 3.89. The minimum atomic E-state index is -0.287. The second-order valence-corrected chi connectivity index (χ2v) is 5.39. The van der Waals surface area contributed by atoms with Crippen LogP contribution >= 0.6 is 23.2 Å². The van der Waals surface area contributed by atoms with Gasteiger partial charge in [-0.25, -0.2) is 4.98 Å². The summed E-state index contributed by atoms with van der Waals surface area (Å²) in [6, 6.07) is 10.2. The summed E-state index contributed by atoms with van der Waals surface area (Å²) in [4.78, 5) is 19.0. The summed E-state index contributed by atoms with van der Waals surface area (Å²) < 4.78 is 5.38. The highest BCUT2D eigenvalue weighted by Gasteiger charge is 2.07. The van der Waals surface area contributed by atoms with Crippen molar-refractivity contribution in [1.82, 2.24) is 9.97 Å². The number of ether oxygens (including phenoxy) is 1. The van der Waals surface area contributed by atoms with Crippen LogP contribution in [0.25, 0.3) is 11.0 Å². The highest BCUT2D eigenvalue weighted by molar-refractivity contribution is 6.35. The van der Waals surface area contributed by atoms with Gasteiger partial charge in [0.2, 0.25) is 0 Å². The number of H-pyrrole nitrogens is 1. The number of aromatic nitrogens is 2. The summed E-state index contributed by atoms with van der Waals surface area (Å²) >= 11 is 11.8. The largest absolute Gasteiger partial charge is 0.482 e. The monoisotopic (exact) mass is 335 g/mol. The number of nitrogens with zero attached hydrogens (tertiary/aromatic N) is 1. The first-order valence-corrected chi connectivity index (χ1v) is 7.18. The number of nitrogens with one attached hydrogen (secondary N) is 2. The Balaban J connectivity index is 1.62. The molecule has 112 valence electrons. The van der Waals surface area contributed by atoms with Crippen LogP contribution in [0.4, 0.5) is 5.69 Å². The number of hydrogen-bond acceptors (Lipinski definition) is 3. The van der Waals surface area contributed by atoms with E-state index >= 15 is 0 Å². The molecular weight excluding hydrogens is 325 g/mol. The lowest BCUT2D eigenvalue weighted by Crippen LogP contribution is -2.20. The van der Waals surface area contributed by atoms with Crippen molar-refractivity contribution in [3.63, 3.8) is 0 Å². The van der Waals surface area contributed by atoms with Gasteiger partial charge in [-0.05, 0) is 36.4 Å². The summed E-state index contributed by atoms with van der Waals surface area (Å²) in [6.07, 6.45) is 1.60. The molecule has 0 bridgehead atoms. The molecule has 1 amide bonds. The third kappa shape index (κ3) is 3.32. The first kappa shape index (κ1) is 14.7. The highest BCUT2D eigenvalue weighted by Crippen LogP contribution is 2.27. The van der Waals surface area contributed by atoms with Gasteiger partial charge < -0.3 is 15.0 Å². The number of fused-ring (bicyclic) bond motifs is 1. The maximum Gasteiger partial charge on any atom is 0.262 e. The zero-order chi connectivity index (χ0) is 15.5. The van der Waals surface area contributed by atoms with Crippen LogP contribution in [0.3, 0.4) is 0 Å². The van der Waals surface area contributed by atoms with Crippen LogP contribution < -0.4 is 10.1 Å². The Kier molecular flexibility index (Phi) is 4.18. The number of carbonyl (C=O) groups is 1. The van der Waals surface area contributed by atoms with Gasteiger partial charge in [0.15, 0.2) is 6.61 Å². The van der Waals surface area contributed by atoms with Crippen molar-refractivity contribution in [3.05, 3.63) is 52.8 Å². The zero-order valence-electron chi connectivity index (χ0n) is 11.3. The fraction of sp³-hybridized carbons (Fsp3) is 0.0667. The number of carbonyl (C=O) groups excluding carboxylic acids is 1. The molecule has 22 heavy (non-hydrogen) atoms. The molecule has 2 aromatic carbocycles. The molecule has 0 saturated heterocycles. The van der Waals surface area contributed by atoms with Crippen LogP contribution in [0.2, 0.25) is 10.0 Å². The van der Waals surface area contributed by atoms with E-state index in [-0.39, 0.29) is 12.5 Å². The van der Waals surface area contributed by atoms with Crippen LogP contribution in [-0.4, -0.2) is 22.5 Å². The van der Waals surface area contributed by atoms with Gasteiger partial charge in [0.1, 0.15) is 5.75 Å². The van der Waals surface area contributed by atoms with E-state index in [4.69, 9.17) is 27.9 Å². The fourth-order valence-electron chi connectivity index (χ4n) is 1.95. The van der Waals surface area contributed by atoms with Gasteiger partial charge in [-0.15, -0.1) is 0 Å². The minimum absolute atomic E-state index is 0.150. The Morgan fingerprint density at radius 1 is 1.23 bits per heavy atom. The molecule has 2 N–H and O–H groups in total. The van der Waals surface area contributed by atoms with Crippen LogP contribution in [0.1, 0.15) is 0 Å². The van der Waals surface area contributed by atoms with Gasteiger partial charge in [-0.3, -0.25) is 4.79 Å². The number of aromatic amines is 1. The molecule has 0 aliphatic carbocycles. The third-order valence-electron chi connectivity index (χ3n) is 2.96. The number of imidazole rings is 1. The molecule has 5 nitrogen and oxygen atoms in total. The van der Waals surface area contributed by atoms with Gasteiger partial charge >= 0.3 is 0 Å². The average molecular weight is 336 g/mol. The van der Waals surface area contributed by atoms with Crippen LogP contribution in [0.15, 0.2) is 42.7 Å². The standard InChI is InChI=1S/C15H11Cl2N3O2/c16-9-1-4-14(11(17)5-9)22-7-15(21)20-10-2-3-12-13(6-10)19-8-18-12/h1-6,8H,7H2,(H,18,19)(H,20,21). The number of rotatable bonds is 4. The molecular formula is C15H11Cl2N3O2. The Bertz CT molecular complexity index is 833. The quantitative estimate of drug-likeness (QED) is 0.760. The Hall–Kier alpha value is -2.24. The lowest BCUT2D eigenvalue weighted by molar-refractivity contribution is -0.118. The molecule has 3 aromatic rings. The Morgan fingerprint density at radius 2 is 2.09 bits per heavy atom. The second kappa shape index (κ2) is 6.25. The maximum atomic E-state index is 11.9. The van der Waals surface area contributed by atoms with Crippen LogP contribution in [0.5, 0.6) is 5.75 Å². The summed E-state index contributed by atoms with van der Waals surface area (Å²) in [5.74, 6) is 0.120. The third-order valence-corrected chi connectivity index (χ3v) is 3.49. The predicted molar refractivity (Wildman–Crippen MR) is 86.7 cm³/mol. The molecule has 0 fully saturated rings. The molecule has 0 aliphatic heterocycles. The lowest BCUT2D eigenvalue weighted by Gasteiger charge is -2.09. The molecule has 0 aliphatic rings. The summed E-state index contributed by atoms with van der Waals surface area (Å²) in [6.45, 7) is -0.150. The van der Waals surface area contributed by atoms with Crippen molar-refractivity contribution in [3.8, 4) is 5.75 Å². The van der Waals surface area contributed by atoms with Gasteiger partial charge in [-0.2, -0.15) is 0 Å². The van der Waals surface area contributed by atoms with Gasteiger partial charge in [-0.1, -0.05) is 23.2 Å². The van der Waals surface area contributed by atoms with E-state index in [1.54, 1.807) is 36.7 Å². The van der Waals surface area contributed by atoms with Crippen molar-refractivity contribution < 1.29 is 9.53 Å². The van der Waals surface area contributed by atoms with E-state index < -0.39 is 0 Å². The molecule has 1 aromatic heterocycles. The number of benzene rings is 2. The Morgan fingerprint density at radius 3 is 2.91 bits per heavy atom. The first-order chi connectivity index (χ1) is 10.6. The molecule has 3 rings (SSSR count). The van der Waals surface area contributed by atoms with Crippen molar-refractivity contribution in [2.45, 2.75) is 0 Å². The zero-order valence-corrected chi connectivity index (χ0v) is 12.8. The summed E-state index contributed by atoms with van der Waals surface area (Å²) in [7, 11) is 0. The van der Waals surface area contributed by atoms with Crippen molar-refractivity contribution in [1.29, 1.82) is 0 Å². The maximum absolute atomic E-state index is 11.9. The average Bonchev–Trinajstić information content (AvgIpc) is 2.94. The van der Waals surface area contributed by atoms with Crippen LogP contribution in [0, 0.1) is 0 Å². The van der Waals surface area contributed by atoms with E-state index in [1.807, 2.05) is 6.07 Å². The Labute approximate surface area is 136 Å². The van der Waals surface area contributed by atoms with E-state index in [9.17, 15) is 4.79 Å². The molecule has 0 radical (unpaired) electrons. The molecule has 0 atom stereocenters. The highest BCUT2D eigenvalue weighted by atomic mass is 35.5. The number of halogens is 2. The normalized spacial score (nSPS) is 10.6. The van der Waals surface area contributed by atoms with Crippen molar-refractivity contribution in [2.24, 2.45) is 0 Å². The molecule has 0 saturated carbocycles.